The molecule has 0 saturated heterocycles. The molecule has 1 aromatic heterocycles. The van der Waals surface area contributed by atoms with Crippen LogP contribution in [0.3, 0.4) is 0 Å². The van der Waals surface area contributed by atoms with Crippen LogP contribution < -0.4 is 10.5 Å². The molecule has 0 aromatic carbocycles. The highest BCUT2D eigenvalue weighted by Crippen LogP contribution is 2.36. The van der Waals surface area contributed by atoms with Crippen LogP contribution in [0.25, 0.3) is 0 Å². The van der Waals surface area contributed by atoms with Crippen molar-refractivity contribution in [2.75, 3.05) is 0 Å². The zero-order chi connectivity index (χ0) is 13.9. The SMILES string of the molecule is CCc1cc(CN)cc(OC2CCC(C)(C)CC2)n1. The van der Waals surface area contributed by atoms with Crippen molar-refractivity contribution in [3.05, 3.63) is 23.4 Å². The molecule has 0 bridgehead atoms. The molecular weight excluding hydrogens is 236 g/mol. The second-order valence-electron chi connectivity index (χ2n) is 6.34. The molecule has 3 heteroatoms. The molecule has 1 fully saturated rings. The molecule has 0 unspecified atom stereocenters. The molecule has 0 spiro atoms. The number of aryl methyl sites for hydroxylation is 1. The van der Waals surface area contributed by atoms with E-state index in [0.717, 1.165) is 36.4 Å². The van der Waals surface area contributed by atoms with E-state index in [-0.39, 0.29) is 0 Å². The van der Waals surface area contributed by atoms with E-state index in [0.29, 0.717) is 18.1 Å². The zero-order valence-electron chi connectivity index (χ0n) is 12.4. The summed E-state index contributed by atoms with van der Waals surface area (Å²) in [6.45, 7) is 7.33. The zero-order valence-corrected chi connectivity index (χ0v) is 12.4. The van der Waals surface area contributed by atoms with Gasteiger partial charge in [0.2, 0.25) is 5.88 Å². The normalized spacial score (nSPS) is 19.4. The summed E-state index contributed by atoms with van der Waals surface area (Å²) in [4.78, 5) is 4.55. The Morgan fingerprint density at radius 1 is 1.32 bits per heavy atom. The summed E-state index contributed by atoms with van der Waals surface area (Å²) in [5, 5.41) is 0. The molecular formula is C16H26N2O. The molecule has 106 valence electrons. The Morgan fingerprint density at radius 3 is 2.58 bits per heavy atom. The number of pyridine rings is 1. The topological polar surface area (TPSA) is 48.1 Å². The second-order valence-corrected chi connectivity index (χ2v) is 6.34. The van der Waals surface area contributed by atoms with Gasteiger partial charge in [-0.3, -0.25) is 0 Å². The monoisotopic (exact) mass is 262 g/mol. The molecule has 19 heavy (non-hydrogen) atoms. The van der Waals surface area contributed by atoms with E-state index in [2.05, 4.69) is 31.8 Å². The van der Waals surface area contributed by atoms with Crippen LogP contribution in [-0.4, -0.2) is 11.1 Å². The third kappa shape index (κ3) is 3.93. The first-order chi connectivity index (χ1) is 9.02. The lowest BCUT2D eigenvalue weighted by Crippen LogP contribution is -2.28. The highest BCUT2D eigenvalue weighted by atomic mass is 16.5. The highest BCUT2D eigenvalue weighted by molar-refractivity contribution is 5.25. The van der Waals surface area contributed by atoms with Crippen molar-refractivity contribution in [1.82, 2.24) is 4.98 Å². The maximum absolute atomic E-state index is 6.07. The Labute approximate surface area is 116 Å². The van der Waals surface area contributed by atoms with E-state index in [9.17, 15) is 0 Å². The van der Waals surface area contributed by atoms with Gasteiger partial charge in [0.15, 0.2) is 0 Å². The average molecular weight is 262 g/mol. The lowest BCUT2D eigenvalue weighted by Gasteiger charge is -2.34. The summed E-state index contributed by atoms with van der Waals surface area (Å²) >= 11 is 0. The number of ether oxygens (including phenoxy) is 1. The number of nitrogens with zero attached hydrogens (tertiary/aromatic N) is 1. The van der Waals surface area contributed by atoms with Gasteiger partial charge < -0.3 is 10.5 Å². The van der Waals surface area contributed by atoms with Crippen molar-refractivity contribution in [2.24, 2.45) is 11.1 Å². The van der Waals surface area contributed by atoms with Crippen LogP contribution in [0.15, 0.2) is 12.1 Å². The van der Waals surface area contributed by atoms with Gasteiger partial charge in [-0.1, -0.05) is 20.8 Å². The summed E-state index contributed by atoms with van der Waals surface area (Å²) in [6, 6.07) is 4.05. The summed E-state index contributed by atoms with van der Waals surface area (Å²) < 4.78 is 6.07. The fourth-order valence-corrected chi connectivity index (χ4v) is 2.64. The van der Waals surface area contributed by atoms with Gasteiger partial charge in [0.25, 0.3) is 0 Å². The smallest absolute Gasteiger partial charge is 0.214 e. The van der Waals surface area contributed by atoms with Gasteiger partial charge in [-0.05, 0) is 49.1 Å². The van der Waals surface area contributed by atoms with Crippen LogP contribution in [0.2, 0.25) is 0 Å². The van der Waals surface area contributed by atoms with E-state index in [1.54, 1.807) is 0 Å². The first-order valence-corrected chi connectivity index (χ1v) is 7.39. The van der Waals surface area contributed by atoms with Crippen molar-refractivity contribution < 1.29 is 4.74 Å². The fraction of sp³-hybridized carbons (Fsp3) is 0.688. The lowest BCUT2D eigenvalue weighted by molar-refractivity contribution is 0.0946. The molecule has 0 atom stereocenters. The van der Waals surface area contributed by atoms with E-state index >= 15 is 0 Å². The molecule has 0 radical (unpaired) electrons. The maximum Gasteiger partial charge on any atom is 0.214 e. The molecule has 1 aliphatic carbocycles. The van der Waals surface area contributed by atoms with E-state index in [1.807, 2.05) is 6.07 Å². The van der Waals surface area contributed by atoms with Crippen molar-refractivity contribution >= 4 is 0 Å². The van der Waals surface area contributed by atoms with Crippen LogP contribution in [0.4, 0.5) is 0 Å². The summed E-state index contributed by atoms with van der Waals surface area (Å²) in [5.74, 6) is 0.754. The molecule has 1 saturated carbocycles. The minimum absolute atomic E-state index is 0.318. The molecule has 0 amide bonds. The Bertz CT molecular complexity index is 397. The van der Waals surface area contributed by atoms with E-state index < -0.39 is 0 Å². The van der Waals surface area contributed by atoms with Crippen LogP contribution in [0.5, 0.6) is 5.88 Å². The summed E-state index contributed by atoms with van der Waals surface area (Å²) in [7, 11) is 0. The van der Waals surface area contributed by atoms with Crippen LogP contribution >= 0.6 is 0 Å². The largest absolute Gasteiger partial charge is 0.474 e. The number of aromatic nitrogens is 1. The molecule has 1 aliphatic rings. The number of hydrogen-bond acceptors (Lipinski definition) is 3. The molecule has 0 aliphatic heterocycles. The first-order valence-electron chi connectivity index (χ1n) is 7.39. The summed E-state index contributed by atoms with van der Waals surface area (Å²) in [6.07, 6.45) is 5.95. The Morgan fingerprint density at radius 2 is 2.00 bits per heavy atom. The van der Waals surface area contributed by atoms with Crippen LogP contribution in [0, 0.1) is 5.41 Å². The first kappa shape index (κ1) is 14.3. The van der Waals surface area contributed by atoms with E-state index in [4.69, 9.17) is 10.5 Å². The van der Waals surface area contributed by atoms with Gasteiger partial charge in [-0.25, -0.2) is 4.98 Å². The van der Waals surface area contributed by atoms with Gasteiger partial charge in [0.05, 0.1) is 0 Å². The van der Waals surface area contributed by atoms with Crippen molar-refractivity contribution in [3.63, 3.8) is 0 Å². The third-order valence-corrected chi connectivity index (χ3v) is 4.09. The molecule has 2 N–H and O–H groups in total. The molecule has 1 heterocycles. The number of rotatable bonds is 4. The van der Waals surface area contributed by atoms with E-state index in [1.165, 1.54) is 12.8 Å². The second kappa shape index (κ2) is 5.91. The minimum Gasteiger partial charge on any atom is -0.474 e. The maximum atomic E-state index is 6.07. The third-order valence-electron chi connectivity index (χ3n) is 4.09. The van der Waals surface area contributed by atoms with Crippen LogP contribution in [-0.2, 0) is 13.0 Å². The number of hydrogen-bond donors (Lipinski definition) is 1. The number of nitrogens with two attached hydrogens (primary N) is 1. The lowest BCUT2D eigenvalue weighted by atomic mass is 9.76. The predicted octanol–water partition coefficient (Wildman–Crippen LogP) is 3.45. The Kier molecular flexibility index (Phi) is 4.46. The highest BCUT2D eigenvalue weighted by Gasteiger charge is 2.28. The van der Waals surface area contributed by atoms with Gasteiger partial charge in [0, 0.05) is 18.3 Å². The van der Waals surface area contributed by atoms with Crippen LogP contribution in [0.1, 0.15) is 57.7 Å². The fourth-order valence-electron chi connectivity index (χ4n) is 2.64. The Hall–Kier alpha value is -1.09. The quantitative estimate of drug-likeness (QED) is 0.904. The van der Waals surface area contributed by atoms with Crippen molar-refractivity contribution in [1.29, 1.82) is 0 Å². The molecule has 2 rings (SSSR count). The minimum atomic E-state index is 0.318. The van der Waals surface area contributed by atoms with Gasteiger partial charge in [-0.15, -0.1) is 0 Å². The molecule has 3 nitrogen and oxygen atoms in total. The predicted molar refractivity (Wildman–Crippen MR) is 78.2 cm³/mol. The summed E-state index contributed by atoms with van der Waals surface area (Å²) in [5.41, 5.74) is 8.37. The van der Waals surface area contributed by atoms with Crippen molar-refractivity contribution in [3.8, 4) is 5.88 Å². The van der Waals surface area contributed by atoms with Crippen molar-refractivity contribution in [2.45, 2.75) is 65.5 Å². The Balaban J connectivity index is 2.03. The van der Waals surface area contributed by atoms with Gasteiger partial charge in [-0.2, -0.15) is 0 Å². The average Bonchev–Trinajstić information content (AvgIpc) is 2.40. The molecule has 1 aromatic rings. The standard InChI is InChI=1S/C16H26N2O/c1-4-13-9-12(11-17)10-15(18-13)19-14-5-7-16(2,3)8-6-14/h9-10,14H,4-8,11,17H2,1-3H3. The van der Waals surface area contributed by atoms with Gasteiger partial charge >= 0.3 is 0 Å². The van der Waals surface area contributed by atoms with Gasteiger partial charge in [0.1, 0.15) is 6.10 Å².